The second kappa shape index (κ2) is 8.17. The van der Waals surface area contributed by atoms with Crippen LogP contribution in [0.15, 0.2) is 17.5 Å². The van der Waals surface area contributed by atoms with E-state index >= 15 is 0 Å². The van der Waals surface area contributed by atoms with Gasteiger partial charge in [-0.3, -0.25) is 9.59 Å². The van der Waals surface area contributed by atoms with E-state index in [4.69, 9.17) is 0 Å². The molecule has 2 rings (SSSR count). The highest BCUT2D eigenvalue weighted by Gasteiger charge is 2.30. The lowest BCUT2D eigenvalue weighted by molar-refractivity contribution is -0.145. The molecule has 1 saturated carbocycles. The van der Waals surface area contributed by atoms with E-state index in [1.165, 1.54) is 4.88 Å². The number of aryl methyl sites for hydroxylation is 1. The van der Waals surface area contributed by atoms with E-state index in [9.17, 15) is 14.7 Å². The van der Waals surface area contributed by atoms with Gasteiger partial charge in [-0.25, -0.2) is 0 Å². The molecule has 2 atom stereocenters. The van der Waals surface area contributed by atoms with Crippen LogP contribution in [0.5, 0.6) is 0 Å². The first-order valence-electron chi connectivity index (χ1n) is 7.68. The molecule has 116 valence electrons. The maximum Gasteiger partial charge on any atom is 0.306 e. The van der Waals surface area contributed by atoms with E-state index in [2.05, 4.69) is 11.4 Å². The van der Waals surface area contributed by atoms with Crippen LogP contribution in [0.3, 0.4) is 0 Å². The van der Waals surface area contributed by atoms with E-state index in [-0.39, 0.29) is 17.7 Å². The van der Waals surface area contributed by atoms with Crippen LogP contribution in [0, 0.1) is 11.8 Å². The van der Waals surface area contributed by atoms with Crippen molar-refractivity contribution in [1.29, 1.82) is 0 Å². The Morgan fingerprint density at radius 3 is 2.86 bits per heavy atom. The zero-order chi connectivity index (χ0) is 15.1. The van der Waals surface area contributed by atoms with Gasteiger partial charge in [0.1, 0.15) is 0 Å². The van der Waals surface area contributed by atoms with Crippen molar-refractivity contribution < 1.29 is 14.7 Å². The molecule has 21 heavy (non-hydrogen) atoms. The van der Waals surface area contributed by atoms with Crippen molar-refractivity contribution in [3.8, 4) is 0 Å². The van der Waals surface area contributed by atoms with Crippen LogP contribution in [0.25, 0.3) is 0 Å². The molecule has 0 aromatic carbocycles. The first-order chi connectivity index (χ1) is 10.2. The highest BCUT2D eigenvalue weighted by atomic mass is 32.1. The minimum Gasteiger partial charge on any atom is -0.481 e. The summed E-state index contributed by atoms with van der Waals surface area (Å²) in [6.45, 7) is 0.509. The van der Waals surface area contributed by atoms with E-state index < -0.39 is 5.97 Å². The van der Waals surface area contributed by atoms with Gasteiger partial charge in [0, 0.05) is 17.8 Å². The second-order valence-corrected chi connectivity index (χ2v) is 6.76. The van der Waals surface area contributed by atoms with Gasteiger partial charge in [0.25, 0.3) is 0 Å². The number of rotatable bonds is 7. The van der Waals surface area contributed by atoms with Crippen LogP contribution >= 0.6 is 11.3 Å². The van der Waals surface area contributed by atoms with Crippen LogP contribution in [0.2, 0.25) is 0 Å². The van der Waals surface area contributed by atoms with Crippen LogP contribution in [0.1, 0.15) is 43.4 Å². The molecule has 2 N–H and O–H groups in total. The zero-order valence-electron chi connectivity index (χ0n) is 12.2. The zero-order valence-corrected chi connectivity index (χ0v) is 13.0. The summed E-state index contributed by atoms with van der Waals surface area (Å²) >= 11 is 1.72. The van der Waals surface area contributed by atoms with Crippen molar-refractivity contribution in [3.05, 3.63) is 22.4 Å². The summed E-state index contributed by atoms with van der Waals surface area (Å²) in [6.07, 6.45) is 6.01. The van der Waals surface area contributed by atoms with E-state index in [1.54, 1.807) is 11.3 Å². The predicted molar refractivity (Wildman–Crippen MR) is 83.4 cm³/mol. The van der Waals surface area contributed by atoms with Gasteiger partial charge in [-0.05, 0) is 43.0 Å². The number of hydrogen-bond donors (Lipinski definition) is 2. The molecule has 1 aliphatic carbocycles. The molecule has 1 aliphatic rings. The lowest BCUT2D eigenvalue weighted by Crippen LogP contribution is -2.37. The second-order valence-electron chi connectivity index (χ2n) is 5.73. The standard InChI is InChI=1S/C16H23NO3S/c18-15(9-3-6-13-7-4-10-21-13)17-11-12-5-1-2-8-14(12)16(19)20/h4,7,10,12,14H,1-3,5-6,8-9,11H2,(H,17,18)(H,19,20). The molecule has 1 aromatic heterocycles. The Morgan fingerprint density at radius 2 is 2.14 bits per heavy atom. The number of carboxylic acid groups (broad SMARTS) is 1. The fourth-order valence-corrected chi connectivity index (χ4v) is 3.74. The number of carboxylic acids is 1. The maximum absolute atomic E-state index is 11.8. The minimum absolute atomic E-state index is 0.0428. The summed E-state index contributed by atoms with van der Waals surface area (Å²) < 4.78 is 0. The van der Waals surface area contributed by atoms with Crippen LogP contribution in [0.4, 0.5) is 0 Å². The van der Waals surface area contributed by atoms with Crippen molar-refractivity contribution in [2.75, 3.05) is 6.54 Å². The Morgan fingerprint density at radius 1 is 1.33 bits per heavy atom. The maximum atomic E-state index is 11.8. The molecular formula is C16H23NO3S. The molecule has 1 aromatic rings. The quantitative estimate of drug-likeness (QED) is 0.813. The average molecular weight is 309 g/mol. The normalized spacial score (nSPS) is 21.9. The Balaban J connectivity index is 1.66. The van der Waals surface area contributed by atoms with Gasteiger partial charge in [-0.2, -0.15) is 0 Å². The van der Waals surface area contributed by atoms with Crippen molar-refractivity contribution in [2.24, 2.45) is 11.8 Å². The first kappa shape index (κ1) is 16.0. The van der Waals surface area contributed by atoms with Crippen molar-refractivity contribution in [3.63, 3.8) is 0 Å². The summed E-state index contributed by atoms with van der Waals surface area (Å²) in [6, 6.07) is 4.11. The lowest BCUT2D eigenvalue weighted by Gasteiger charge is -2.28. The van der Waals surface area contributed by atoms with Gasteiger partial charge in [0.05, 0.1) is 5.92 Å². The van der Waals surface area contributed by atoms with Crippen molar-refractivity contribution >= 4 is 23.2 Å². The van der Waals surface area contributed by atoms with Crippen LogP contribution in [-0.2, 0) is 16.0 Å². The number of hydrogen-bond acceptors (Lipinski definition) is 3. The van der Waals surface area contributed by atoms with Crippen LogP contribution in [-0.4, -0.2) is 23.5 Å². The van der Waals surface area contributed by atoms with Gasteiger partial charge in [-0.1, -0.05) is 18.9 Å². The fraction of sp³-hybridized carbons (Fsp3) is 0.625. The average Bonchev–Trinajstić information content (AvgIpc) is 2.98. The Labute approximate surface area is 129 Å². The van der Waals surface area contributed by atoms with Gasteiger partial charge in [-0.15, -0.1) is 11.3 Å². The topological polar surface area (TPSA) is 66.4 Å². The van der Waals surface area contributed by atoms with E-state index in [1.807, 2.05) is 11.4 Å². The molecular weight excluding hydrogens is 286 g/mol. The molecule has 0 saturated heterocycles. The highest BCUT2D eigenvalue weighted by Crippen LogP contribution is 2.29. The molecule has 2 unspecified atom stereocenters. The Bertz CT molecular complexity index is 458. The largest absolute Gasteiger partial charge is 0.481 e. The Hall–Kier alpha value is -1.36. The highest BCUT2D eigenvalue weighted by molar-refractivity contribution is 7.09. The molecule has 1 heterocycles. The number of thiophene rings is 1. The monoisotopic (exact) mass is 309 g/mol. The molecule has 4 nitrogen and oxygen atoms in total. The van der Waals surface area contributed by atoms with Crippen molar-refractivity contribution in [1.82, 2.24) is 5.32 Å². The predicted octanol–water partition coefficient (Wildman–Crippen LogP) is 3.08. The van der Waals surface area contributed by atoms with Gasteiger partial charge in [0.15, 0.2) is 0 Å². The Kier molecular flexibility index (Phi) is 6.23. The molecule has 1 fully saturated rings. The number of nitrogens with one attached hydrogen (secondary N) is 1. The molecule has 0 aliphatic heterocycles. The molecule has 0 bridgehead atoms. The first-order valence-corrected chi connectivity index (χ1v) is 8.56. The third-order valence-electron chi connectivity index (χ3n) is 4.19. The van der Waals surface area contributed by atoms with Crippen molar-refractivity contribution in [2.45, 2.75) is 44.9 Å². The van der Waals surface area contributed by atoms with E-state index in [0.29, 0.717) is 13.0 Å². The molecule has 0 spiro atoms. The third kappa shape index (κ3) is 5.16. The molecule has 0 radical (unpaired) electrons. The summed E-state index contributed by atoms with van der Waals surface area (Å²) in [7, 11) is 0. The smallest absolute Gasteiger partial charge is 0.306 e. The minimum atomic E-state index is -0.716. The number of amides is 1. The lowest BCUT2D eigenvalue weighted by atomic mass is 9.79. The van der Waals surface area contributed by atoms with Gasteiger partial charge >= 0.3 is 5.97 Å². The van der Waals surface area contributed by atoms with Gasteiger partial charge < -0.3 is 10.4 Å². The number of carbonyl (C=O) groups excluding carboxylic acids is 1. The van der Waals surface area contributed by atoms with Gasteiger partial charge in [0.2, 0.25) is 5.91 Å². The SMILES string of the molecule is O=C(CCCc1cccs1)NCC1CCCCC1C(=O)O. The summed E-state index contributed by atoms with van der Waals surface area (Å²) in [5.41, 5.74) is 0. The summed E-state index contributed by atoms with van der Waals surface area (Å²) in [5.74, 6) is -0.865. The summed E-state index contributed by atoms with van der Waals surface area (Å²) in [5, 5.41) is 14.2. The fourth-order valence-electron chi connectivity index (χ4n) is 2.99. The number of aliphatic carboxylic acids is 1. The van der Waals surface area contributed by atoms with Crippen LogP contribution < -0.4 is 5.32 Å². The van der Waals surface area contributed by atoms with E-state index in [0.717, 1.165) is 38.5 Å². The molecule has 1 amide bonds. The number of carbonyl (C=O) groups is 2. The summed E-state index contributed by atoms with van der Waals surface area (Å²) in [4.78, 5) is 24.3. The molecule has 5 heteroatoms. The third-order valence-corrected chi connectivity index (χ3v) is 5.13.